The van der Waals surface area contributed by atoms with Crippen molar-refractivity contribution in [1.29, 1.82) is 0 Å². The Morgan fingerprint density at radius 2 is 1.96 bits per heavy atom. The van der Waals surface area contributed by atoms with Gasteiger partial charge in [0.1, 0.15) is 4.83 Å². The normalized spacial score (nSPS) is 14.2. The molecule has 4 rings (SSSR count). The van der Waals surface area contributed by atoms with Crippen molar-refractivity contribution in [3.05, 3.63) is 50.6 Å². The summed E-state index contributed by atoms with van der Waals surface area (Å²) in [5.74, 6) is 0. The molecule has 0 saturated heterocycles. The Morgan fingerprint density at radius 3 is 2.72 bits per heavy atom. The summed E-state index contributed by atoms with van der Waals surface area (Å²) < 4.78 is 1.84. The van der Waals surface area contributed by atoms with Crippen LogP contribution < -0.4 is 5.56 Å². The van der Waals surface area contributed by atoms with E-state index in [4.69, 9.17) is 4.98 Å². The summed E-state index contributed by atoms with van der Waals surface area (Å²) in [6.45, 7) is 6.34. The van der Waals surface area contributed by atoms with Crippen molar-refractivity contribution in [1.82, 2.24) is 9.55 Å². The van der Waals surface area contributed by atoms with Crippen LogP contribution in [0.1, 0.15) is 42.7 Å². The molecule has 3 aromatic rings. The van der Waals surface area contributed by atoms with Crippen LogP contribution in [0.25, 0.3) is 15.9 Å². The SMILES string of the molecule is Cc1ccccc1-n1c(SC(C)C)nc2sc3c(c2c1=O)CCCC3. The largest absolute Gasteiger partial charge is 0.268 e. The molecule has 0 bridgehead atoms. The summed E-state index contributed by atoms with van der Waals surface area (Å²) in [5, 5.41) is 2.03. The molecule has 0 saturated carbocycles. The van der Waals surface area contributed by atoms with Gasteiger partial charge in [0.05, 0.1) is 11.1 Å². The quantitative estimate of drug-likeness (QED) is 0.473. The smallest absolute Gasteiger partial charge is 0.267 e. The van der Waals surface area contributed by atoms with Gasteiger partial charge in [0, 0.05) is 10.1 Å². The first-order valence-corrected chi connectivity index (χ1v) is 10.6. The fraction of sp³-hybridized carbons (Fsp3) is 0.400. The van der Waals surface area contributed by atoms with Crippen LogP contribution in [0.3, 0.4) is 0 Å². The molecule has 130 valence electrons. The van der Waals surface area contributed by atoms with Crippen LogP contribution in [0, 0.1) is 6.92 Å². The van der Waals surface area contributed by atoms with Crippen LogP contribution in [0.5, 0.6) is 0 Å². The lowest BCUT2D eigenvalue weighted by molar-refractivity contribution is 0.699. The molecule has 1 aliphatic carbocycles. The summed E-state index contributed by atoms with van der Waals surface area (Å²) in [6, 6.07) is 8.08. The van der Waals surface area contributed by atoms with Gasteiger partial charge < -0.3 is 0 Å². The molecule has 2 heterocycles. The Bertz CT molecular complexity index is 1000. The van der Waals surface area contributed by atoms with Gasteiger partial charge in [-0.05, 0) is 49.8 Å². The fourth-order valence-corrected chi connectivity index (χ4v) is 5.66. The van der Waals surface area contributed by atoms with E-state index in [0.29, 0.717) is 5.25 Å². The summed E-state index contributed by atoms with van der Waals surface area (Å²) >= 11 is 3.39. The number of thioether (sulfide) groups is 1. The van der Waals surface area contributed by atoms with E-state index >= 15 is 0 Å². The maximum Gasteiger partial charge on any atom is 0.267 e. The van der Waals surface area contributed by atoms with Crippen molar-refractivity contribution in [2.45, 2.75) is 56.9 Å². The first kappa shape index (κ1) is 16.9. The molecule has 0 spiro atoms. The van der Waals surface area contributed by atoms with Crippen LogP contribution >= 0.6 is 23.1 Å². The first-order valence-electron chi connectivity index (χ1n) is 8.86. The highest BCUT2D eigenvalue weighted by Crippen LogP contribution is 2.35. The van der Waals surface area contributed by atoms with Gasteiger partial charge in [-0.2, -0.15) is 0 Å². The van der Waals surface area contributed by atoms with Crippen molar-refractivity contribution < 1.29 is 0 Å². The minimum Gasteiger partial charge on any atom is -0.268 e. The molecule has 2 aromatic heterocycles. The van der Waals surface area contributed by atoms with E-state index in [1.165, 1.54) is 23.3 Å². The Morgan fingerprint density at radius 1 is 1.20 bits per heavy atom. The number of fused-ring (bicyclic) bond motifs is 3. The summed E-state index contributed by atoms with van der Waals surface area (Å²) in [6.07, 6.45) is 4.49. The fourth-order valence-electron chi connectivity index (χ4n) is 3.50. The van der Waals surface area contributed by atoms with Crippen molar-refractivity contribution >= 4 is 33.3 Å². The number of para-hydroxylation sites is 1. The van der Waals surface area contributed by atoms with E-state index in [2.05, 4.69) is 26.8 Å². The van der Waals surface area contributed by atoms with Gasteiger partial charge in [-0.3, -0.25) is 9.36 Å². The average Bonchev–Trinajstić information content (AvgIpc) is 2.94. The molecular weight excluding hydrogens is 348 g/mol. The number of benzene rings is 1. The zero-order valence-corrected chi connectivity index (χ0v) is 16.5. The number of aryl methyl sites for hydroxylation is 3. The van der Waals surface area contributed by atoms with E-state index < -0.39 is 0 Å². The lowest BCUT2D eigenvalue weighted by atomic mass is 9.97. The van der Waals surface area contributed by atoms with Crippen molar-refractivity contribution in [2.75, 3.05) is 0 Å². The average molecular weight is 371 g/mol. The van der Waals surface area contributed by atoms with Gasteiger partial charge in [-0.15, -0.1) is 11.3 Å². The molecule has 3 nitrogen and oxygen atoms in total. The monoisotopic (exact) mass is 370 g/mol. The minimum absolute atomic E-state index is 0.0989. The molecule has 5 heteroatoms. The molecule has 0 aliphatic heterocycles. The molecule has 1 aromatic carbocycles. The topological polar surface area (TPSA) is 34.9 Å². The molecule has 0 radical (unpaired) electrons. The Labute approximate surface area is 156 Å². The van der Waals surface area contributed by atoms with Gasteiger partial charge in [-0.25, -0.2) is 4.98 Å². The second-order valence-corrected chi connectivity index (χ2v) is 9.51. The maximum absolute atomic E-state index is 13.5. The van der Waals surface area contributed by atoms with E-state index in [1.807, 2.05) is 22.8 Å². The maximum atomic E-state index is 13.5. The molecule has 25 heavy (non-hydrogen) atoms. The predicted molar refractivity (Wildman–Crippen MR) is 108 cm³/mol. The van der Waals surface area contributed by atoms with Crippen LogP contribution in [0.4, 0.5) is 0 Å². The zero-order valence-electron chi connectivity index (χ0n) is 14.8. The van der Waals surface area contributed by atoms with E-state index in [9.17, 15) is 4.79 Å². The second kappa shape index (κ2) is 6.61. The lowest BCUT2D eigenvalue weighted by Crippen LogP contribution is -2.23. The molecule has 0 amide bonds. The van der Waals surface area contributed by atoms with Gasteiger partial charge in [0.15, 0.2) is 5.16 Å². The van der Waals surface area contributed by atoms with Crippen LogP contribution in [0.15, 0.2) is 34.2 Å². The third kappa shape index (κ3) is 2.93. The molecule has 1 aliphatic rings. The van der Waals surface area contributed by atoms with Crippen molar-refractivity contribution in [3.8, 4) is 5.69 Å². The van der Waals surface area contributed by atoms with E-state index in [-0.39, 0.29) is 5.56 Å². The van der Waals surface area contributed by atoms with Gasteiger partial charge in [0.2, 0.25) is 0 Å². The van der Waals surface area contributed by atoms with Crippen LogP contribution in [-0.2, 0) is 12.8 Å². The highest BCUT2D eigenvalue weighted by Gasteiger charge is 2.23. The van der Waals surface area contributed by atoms with Gasteiger partial charge in [-0.1, -0.05) is 43.8 Å². The number of hydrogen-bond donors (Lipinski definition) is 0. The highest BCUT2D eigenvalue weighted by atomic mass is 32.2. The standard InChI is InChI=1S/C20H22N2OS2/c1-12(2)24-20-21-18-17(14-9-5-7-11-16(14)25-18)19(23)22(20)15-10-6-4-8-13(15)3/h4,6,8,10,12H,5,7,9,11H2,1-3H3. The summed E-state index contributed by atoms with van der Waals surface area (Å²) in [7, 11) is 0. The number of aromatic nitrogens is 2. The van der Waals surface area contributed by atoms with Crippen LogP contribution in [0.2, 0.25) is 0 Å². The number of thiophene rings is 1. The number of nitrogens with zero attached hydrogens (tertiary/aromatic N) is 2. The molecule has 0 atom stereocenters. The van der Waals surface area contributed by atoms with Gasteiger partial charge in [0.25, 0.3) is 5.56 Å². The Hall–Kier alpha value is -1.59. The van der Waals surface area contributed by atoms with Crippen molar-refractivity contribution in [3.63, 3.8) is 0 Å². The van der Waals surface area contributed by atoms with E-state index in [1.54, 1.807) is 23.1 Å². The third-order valence-corrected chi connectivity index (χ3v) is 6.80. The lowest BCUT2D eigenvalue weighted by Gasteiger charge is -2.16. The van der Waals surface area contributed by atoms with Crippen LogP contribution in [-0.4, -0.2) is 14.8 Å². The second-order valence-electron chi connectivity index (χ2n) is 6.88. The van der Waals surface area contributed by atoms with Gasteiger partial charge >= 0.3 is 0 Å². The zero-order chi connectivity index (χ0) is 17.6. The van der Waals surface area contributed by atoms with E-state index in [0.717, 1.165) is 39.5 Å². The summed E-state index contributed by atoms with van der Waals surface area (Å²) in [4.78, 5) is 20.8. The third-order valence-electron chi connectivity index (χ3n) is 4.66. The van der Waals surface area contributed by atoms with Crippen molar-refractivity contribution in [2.24, 2.45) is 0 Å². The number of hydrogen-bond acceptors (Lipinski definition) is 4. The molecule has 0 unspecified atom stereocenters. The highest BCUT2D eigenvalue weighted by molar-refractivity contribution is 7.99. The number of rotatable bonds is 3. The first-order chi connectivity index (χ1) is 12.1. The molecule has 0 fully saturated rings. The predicted octanol–water partition coefficient (Wildman–Crippen LogP) is 5.13. The minimum atomic E-state index is 0.0989. The summed E-state index contributed by atoms with van der Waals surface area (Å²) in [5.41, 5.74) is 3.40. The molecule has 0 N–H and O–H groups in total. The Balaban J connectivity index is 2.06. The molecular formula is C20H22N2OS2. The Kier molecular flexibility index (Phi) is 4.46.